The van der Waals surface area contributed by atoms with E-state index in [4.69, 9.17) is 0 Å². The first-order valence-electron chi connectivity index (χ1n) is 3.12. The maximum absolute atomic E-state index is 10.8. The van der Waals surface area contributed by atoms with Crippen molar-refractivity contribution < 1.29 is 8.42 Å². The van der Waals surface area contributed by atoms with Gasteiger partial charge in [0.05, 0.1) is 17.8 Å². The monoisotopic (exact) mass is 174 g/mol. The van der Waals surface area contributed by atoms with Gasteiger partial charge in [0.15, 0.2) is 9.84 Å². The van der Waals surface area contributed by atoms with Gasteiger partial charge >= 0.3 is 0 Å². The molecule has 1 rings (SSSR count). The van der Waals surface area contributed by atoms with Gasteiger partial charge in [-0.25, -0.2) is 13.4 Å². The number of aromatic nitrogens is 2. The summed E-state index contributed by atoms with van der Waals surface area (Å²) in [4.78, 5) is 3.80. The van der Waals surface area contributed by atoms with Crippen molar-refractivity contribution in [3.8, 4) is 0 Å². The van der Waals surface area contributed by atoms with Gasteiger partial charge in [-0.15, -0.1) is 0 Å². The van der Waals surface area contributed by atoms with Crippen LogP contribution >= 0.6 is 0 Å². The maximum Gasteiger partial charge on any atom is 0.153 e. The minimum Gasteiger partial charge on any atom is -0.337 e. The molecule has 0 saturated heterocycles. The molecule has 1 aromatic rings. The van der Waals surface area contributed by atoms with E-state index in [-0.39, 0.29) is 5.75 Å². The molecule has 62 valence electrons. The van der Waals surface area contributed by atoms with Crippen LogP contribution in [-0.2, 0) is 22.6 Å². The molecule has 0 fully saturated rings. The van der Waals surface area contributed by atoms with E-state index in [0.717, 1.165) is 0 Å². The molecule has 0 aliphatic rings. The number of hydrogen-bond acceptors (Lipinski definition) is 3. The Kier molecular flexibility index (Phi) is 1.99. The molecule has 0 atom stereocenters. The van der Waals surface area contributed by atoms with E-state index in [9.17, 15) is 8.42 Å². The van der Waals surface area contributed by atoms with Crippen LogP contribution in [0.15, 0.2) is 12.5 Å². The van der Waals surface area contributed by atoms with E-state index in [1.54, 1.807) is 24.1 Å². The topological polar surface area (TPSA) is 52.0 Å². The second-order valence-corrected chi connectivity index (χ2v) is 4.71. The summed E-state index contributed by atoms with van der Waals surface area (Å²) in [6.07, 6.45) is 4.35. The molecular weight excluding hydrogens is 164 g/mol. The van der Waals surface area contributed by atoms with Gasteiger partial charge in [0, 0.05) is 19.5 Å². The molecule has 0 aliphatic carbocycles. The van der Waals surface area contributed by atoms with Crippen LogP contribution in [0.1, 0.15) is 5.69 Å². The number of imidazole rings is 1. The van der Waals surface area contributed by atoms with E-state index in [2.05, 4.69) is 4.98 Å². The molecule has 0 aromatic carbocycles. The van der Waals surface area contributed by atoms with Crippen LogP contribution in [-0.4, -0.2) is 24.2 Å². The van der Waals surface area contributed by atoms with Crippen molar-refractivity contribution in [1.29, 1.82) is 0 Å². The van der Waals surface area contributed by atoms with Crippen LogP contribution in [0.3, 0.4) is 0 Å². The van der Waals surface area contributed by atoms with Gasteiger partial charge < -0.3 is 4.57 Å². The van der Waals surface area contributed by atoms with Gasteiger partial charge in [-0.2, -0.15) is 0 Å². The summed E-state index contributed by atoms with van der Waals surface area (Å²) in [6.45, 7) is 0. The van der Waals surface area contributed by atoms with Gasteiger partial charge in [-0.3, -0.25) is 0 Å². The molecule has 0 aliphatic heterocycles. The van der Waals surface area contributed by atoms with E-state index in [0.29, 0.717) is 5.69 Å². The fourth-order valence-electron chi connectivity index (χ4n) is 0.792. The zero-order valence-electron chi connectivity index (χ0n) is 6.48. The van der Waals surface area contributed by atoms with Crippen LogP contribution in [0, 0.1) is 0 Å². The normalized spacial score (nSPS) is 11.8. The smallest absolute Gasteiger partial charge is 0.153 e. The number of rotatable bonds is 2. The molecule has 0 amide bonds. The summed E-state index contributed by atoms with van der Waals surface area (Å²) in [7, 11) is -1.16. The van der Waals surface area contributed by atoms with E-state index in [1.807, 2.05) is 0 Å². The molecule has 4 nitrogen and oxygen atoms in total. The average molecular weight is 174 g/mol. The van der Waals surface area contributed by atoms with Crippen molar-refractivity contribution in [2.45, 2.75) is 5.75 Å². The molecule has 11 heavy (non-hydrogen) atoms. The Morgan fingerprint density at radius 2 is 2.27 bits per heavy atom. The molecule has 0 N–H and O–H groups in total. The van der Waals surface area contributed by atoms with Crippen molar-refractivity contribution in [2.24, 2.45) is 7.05 Å². The van der Waals surface area contributed by atoms with Gasteiger partial charge in [-0.05, 0) is 0 Å². The minimum atomic E-state index is -2.93. The van der Waals surface area contributed by atoms with E-state index >= 15 is 0 Å². The third kappa shape index (κ3) is 2.34. The summed E-state index contributed by atoms with van der Waals surface area (Å²) in [5, 5.41) is 0. The molecule has 0 spiro atoms. The first-order chi connectivity index (χ1) is 4.99. The number of sulfone groups is 1. The zero-order chi connectivity index (χ0) is 8.48. The standard InChI is InChI=1S/C6H10N2O2S/c1-8-5-7-3-6(8)4-11(2,9)10/h3,5H,4H2,1-2H3. The third-order valence-electron chi connectivity index (χ3n) is 1.33. The summed E-state index contributed by atoms with van der Waals surface area (Å²) >= 11 is 0. The second kappa shape index (κ2) is 2.65. The highest BCUT2D eigenvalue weighted by Crippen LogP contribution is 2.01. The fourth-order valence-corrected chi connectivity index (χ4v) is 1.61. The molecule has 0 saturated carbocycles. The van der Waals surface area contributed by atoms with Gasteiger partial charge in [0.25, 0.3) is 0 Å². The SMILES string of the molecule is Cn1cncc1CS(C)(=O)=O. The van der Waals surface area contributed by atoms with Gasteiger partial charge in [-0.1, -0.05) is 0 Å². The molecule has 1 aromatic heterocycles. The summed E-state index contributed by atoms with van der Waals surface area (Å²) in [6, 6.07) is 0. The highest BCUT2D eigenvalue weighted by Gasteiger charge is 2.06. The number of aryl methyl sites for hydroxylation is 1. The zero-order valence-corrected chi connectivity index (χ0v) is 7.30. The molecule has 0 bridgehead atoms. The lowest BCUT2D eigenvalue weighted by atomic mass is 10.5. The summed E-state index contributed by atoms with van der Waals surface area (Å²) in [5.74, 6) is 0.0590. The predicted molar refractivity (Wildman–Crippen MR) is 41.8 cm³/mol. The van der Waals surface area contributed by atoms with Crippen molar-refractivity contribution >= 4 is 9.84 Å². The lowest BCUT2D eigenvalue weighted by molar-refractivity contribution is 0.599. The Hall–Kier alpha value is -0.840. The number of hydrogen-bond donors (Lipinski definition) is 0. The number of nitrogens with zero attached hydrogens (tertiary/aromatic N) is 2. The molecule has 1 heterocycles. The Labute approximate surface area is 65.8 Å². The first kappa shape index (κ1) is 8.26. The lowest BCUT2D eigenvalue weighted by Crippen LogP contribution is -2.04. The van der Waals surface area contributed by atoms with Crippen LogP contribution in [0.5, 0.6) is 0 Å². The molecule has 0 radical (unpaired) electrons. The Balaban J connectivity index is 2.89. The van der Waals surface area contributed by atoms with Crippen LogP contribution in [0.4, 0.5) is 0 Å². The fraction of sp³-hybridized carbons (Fsp3) is 0.500. The highest BCUT2D eigenvalue weighted by atomic mass is 32.2. The highest BCUT2D eigenvalue weighted by molar-refractivity contribution is 7.89. The van der Waals surface area contributed by atoms with E-state index in [1.165, 1.54) is 6.26 Å². The maximum atomic E-state index is 10.8. The van der Waals surface area contributed by atoms with Crippen LogP contribution in [0.2, 0.25) is 0 Å². The Morgan fingerprint density at radius 3 is 2.64 bits per heavy atom. The average Bonchev–Trinajstić information content (AvgIpc) is 2.12. The van der Waals surface area contributed by atoms with Crippen LogP contribution < -0.4 is 0 Å². The quantitative estimate of drug-likeness (QED) is 0.632. The summed E-state index contributed by atoms with van der Waals surface area (Å²) < 4.78 is 23.3. The summed E-state index contributed by atoms with van der Waals surface area (Å²) in [5.41, 5.74) is 0.715. The van der Waals surface area contributed by atoms with Crippen molar-refractivity contribution in [3.05, 3.63) is 18.2 Å². The largest absolute Gasteiger partial charge is 0.337 e. The van der Waals surface area contributed by atoms with Crippen LogP contribution in [0.25, 0.3) is 0 Å². The third-order valence-corrected chi connectivity index (χ3v) is 2.15. The first-order valence-corrected chi connectivity index (χ1v) is 5.18. The van der Waals surface area contributed by atoms with Crippen molar-refractivity contribution in [1.82, 2.24) is 9.55 Å². The minimum absolute atomic E-state index is 0.0590. The van der Waals surface area contributed by atoms with Gasteiger partial charge in [0.1, 0.15) is 0 Å². The second-order valence-electron chi connectivity index (χ2n) is 2.57. The Morgan fingerprint density at radius 1 is 1.64 bits per heavy atom. The van der Waals surface area contributed by atoms with Crippen molar-refractivity contribution in [3.63, 3.8) is 0 Å². The molecule has 5 heteroatoms. The molecule has 0 unspecified atom stereocenters. The van der Waals surface area contributed by atoms with E-state index < -0.39 is 9.84 Å². The molecular formula is C6H10N2O2S. The van der Waals surface area contributed by atoms with Gasteiger partial charge in [0.2, 0.25) is 0 Å². The lowest BCUT2D eigenvalue weighted by Gasteiger charge is -1.98. The predicted octanol–water partition coefficient (Wildman–Crippen LogP) is -0.0353. The van der Waals surface area contributed by atoms with Crippen molar-refractivity contribution in [2.75, 3.05) is 6.26 Å². The Bertz CT molecular complexity index is 339.